The Morgan fingerprint density at radius 2 is 1.68 bits per heavy atom. The zero-order chi connectivity index (χ0) is 14.3. The Morgan fingerprint density at radius 1 is 1.11 bits per heavy atom. The van der Waals surface area contributed by atoms with Gasteiger partial charge in [0.1, 0.15) is 23.9 Å². The molecule has 0 amide bonds. The van der Waals surface area contributed by atoms with Crippen LogP contribution in [0.5, 0.6) is 0 Å². The van der Waals surface area contributed by atoms with Gasteiger partial charge in [-0.25, -0.2) is 0 Å². The Labute approximate surface area is 112 Å². The van der Waals surface area contributed by atoms with E-state index in [0.717, 1.165) is 19.3 Å². The maximum Gasteiger partial charge on any atom is 0.192 e. The van der Waals surface area contributed by atoms with Crippen LogP contribution in [-0.2, 0) is 4.74 Å². The first-order chi connectivity index (χ1) is 8.84. The van der Waals surface area contributed by atoms with Crippen LogP contribution < -0.4 is 0 Å². The molecule has 19 heavy (non-hydrogen) atoms. The van der Waals surface area contributed by atoms with Crippen molar-refractivity contribution in [2.75, 3.05) is 6.61 Å². The molecule has 1 aliphatic carbocycles. The van der Waals surface area contributed by atoms with E-state index in [0.29, 0.717) is 12.8 Å². The Balaban J connectivity index is 2.31. The first-order valence-corrected chi connectivity index (χ1v) is 6.93. The first kappa shape index (κ1) is 15.2. The molecular formula is C13H24O6. The second-order valence-electron chi connectivity index (χ2n) is 5.96. The molecule has 6 heteroatoms. The van der Waals surface area contributed by atoms with Crippen LogP contribution in [0.3, 0.4) is 0 Å². The molecule has 5 N–H and O–H groups in total. The fourth-order valence-corrected chi connectivity index (χ4v) is 3.49. The second kappa shape index (κ2) is 5.27. The van der Waals surface area contributed by atoms with Gasteiger partial charge in [-0.05, 0) is 25.7 Å². The predicted molar refractivity (Wildman–Crippen MR) is 66.1 cm³/mol. The van der Waals surface area contributed by atoms with Gasteiger partial charge in [0.25, 0.3) is 0 Å². The van der Waals surface area contributed by atoms with Crippen molar-refractivity contribution < 1.29 is 30.3 Å². The van der Waals surface area contributed by atoms with Gasteiger partial charge in [0, 0.05) is 0 Å². The standard InChI is InChI=1S/C13H24O6/c1-12(17)11(16)13(18,8-5-3-2-4-6-8)10(15)9(7-14)19-12/h8-11,14-18H,2-7H2,1H3/t9-,10-,11+,12-,13+/m1/s1. The fourth-order valence-electron chi connectivity index (χ4n) is 3.49. The van der Waals surface area contributed by atoms with E-state index in [-0.39, 0.29) is 5.92 Å². The number of rotatable bonds is 2. The molecule has 1 heterocycles. The summed E-state index contributed by atoms with van der Waals surface area (Å²) in [6.45, 7) is 0.707. The predicted octanol–water partition coefficient (Wildman–Crippen LogP) is -0.881. The SMILES string of the molecule is C[C@@]1(O)O[C@H](CO)[C@@H](O)[C@@](O)(C2CCCCC2)[C@H]1O. The van der Waals surface area contributed by atoms with Gasteiger partial charge in [-0.15, -0.1) is 0 Å². The summed E-state index contributed by atoms with van der Waals surface area (Å²) >= 11 is 0. The summed E-state index contributed by atoms with van der Waals surface area (Å²) in [5.74, 6) is -2.30. The minimum absolute atomic E-state index is 0.310. The smallest absolute Gasteiger partial charge is 0.192 e. The van der Waals surface area contributed by atoms with Crippen LogP contribution in [0.4, 0.5) is 0 Å². The van der Waals surface area contributed by atoms with Gasteiger partial charge in [0.15, 0.2) is 5.79 Å². The van der Waals surface area contributed by atoms with E-state index in [1.54, 1.807) is 0 Å². The van der Waals surface area contributed by atoms with Crippen LogP contribution in [0.1, 0.15) is 39.0 Å². The molecule has 2 rings (SSSR count). The zero-order valence-electron chi connectivity index (χ0n) is 11.2. The number of aliphatic hydroxyl groups excluding tert-OH is 3. The molecule has 6 nitrogen and oxygen atoms in total. The van der Waals surface area contributed by atoms with Gasteiger partial charge in [-0.1, -0.05) is 19.3 Å². The summed E-state index contributed by atoms with van der Waals surface area (Å²) in [5.41, 5.74) is -1.85. The van der Waals surface area contributed by atoms with Crippen LogP contribution in [0.25, 0.3) is 0 Å². The van der Waals surface area contributed by atoms with E-state index < -0.39 is 36.3 Å². The third kappa shape index (κ3) is 2.41. The lowest BCUT2D eigenvalue weighted by atomic mass is 9.67. The Kier molecular flexibility index (Phi) is 4.21. The van der Waals surface area contributed by atoms with E-state index in [2.05, 4.69) is 0 Å². The van der Waals surface area contributed by atoms with Crippen molar-refractivity contribution in [1.82, 2.24) is 0 Å². The van der Waals surface area contributed by atoms with Gasteiger partial charge >= 0.3 is 0 Å². The highest BCUT2D eigenvalue weighted by molar-refractivity contribution is 5.08. The van der Waals surface area contributed by atoms with Crippen molar-refractivity contribution >= 4 is 0 Å². The molecule has 112 valence electrons. The van der Waals surface area contributed by atoms with E-state index >= 15 is 0 Å². The minimum atomic E-state index is -1.99. The lowest BCUT2D eigenvalue weighted by Crippen LogP contribution is -2.73. The van der Waals surface area contributed by atoms with Crippen LogP contribution in [-0.4, -0.2) is 61.8 Å². The number of aliphatic hydroxyl groups is 5. The van der Waals surface area contributed by atoms with Crippen LogP contribution in [0.2, 0.25) is 0 Å². The molecule has 0 aromatic carbocycles. The molecule has 0 unspecified atom stereocenters. The molecule has 2 fully saturated rings. The van der Waals surface area contributed by atoms with Crippen LogP contribution in [0.15, 0.2) is 0 Å². The van der Waals surface area contributed by atoms with E-state index in [1.807, 2.05) is 0 Å². The highest BCUT2D eigenvalue weighted by atomic mass is 16.7. The molecule has 0 radical (unpaired) electrons. The molecule has 2 aliphatic rings. The van der Waals surface area contributed by atoms with Crippen LogP contribution >= 0.6 is 0 Å². The van der Waals surface area contributed by atoms with Gasteiger partial charge < -0.3 is 30.3 Å². The van der Waals surface area contributed by atoms with E-state index in [1.165, 1.54) is 6.92 Å². The molecular weight excluding hydrogens is 252 g/mol. The van der Waals surface area contributed by atoms with Crippen molar-refractivity contribution in [2.45, 2.75) is 68.7 Å². The Hall–Kier alpha value is -0.240. The van der Waals surface area contributed by atoms with Crippen molar-refractivity contribution in [1.29, 1.82) is 0 Å². The average molecular weight is 276 g/mol. The molecule has 0 spiro atoms. The number of hydrogen-bond acceptors (Lipinski definition) is 6. The zero-order valence-corrected chi connectivity index (χ0v) is 11.2. The monoisotopic (exact) mass is 276 g/mol. The maximum atomic E-state index is 10.8. The molecule has 5 atom stereocenters. The van der Waals surface area contributed by atoms with E-state index in [9.17, 15) is 25.5 Å². The van der Waals surface area contributed by atoms with Gasteiger partial charge in [-0.3, -0.25) is 0 Å². The van der Waals surface area contributed by atoms with Crippen molar-refractivity contribution in [3.63, 3.8) is 0 Å². The maximum absolute atomic E-state index is 10.8. The Morgan fingerprint density at radius 3 is 2.21 bits per heavy atom. The lowest BCUT2D eigenvalue weighted by molar-refractivity contribution is -0.379. The summed E-state index contributed by atoms with van der Waals surface area (Å²) in [4.78, 5) is 0. The third-order valence-corrected chi connectivity index (χ3v) is 4.60. The highest BCUT2D eigenvalue weighted by Crippen LogP contribution is 2.44. The summed E-state index contributed by atoms with van der Waals surface area (Å²) < 4.78 is 5.08. The van der Waals surface area contributed by atoms with Crippen molar-refractivity contribution in [3.05, 3.63) is 0 Å². The van der Waals surface area contributed by atoms with Crippen molar-refractivity contribution in [3.8, 4) is 0 Å². The lowest BCUT2D eigenvalue weighted by Gasteiger charge is -2.54. The topological polar surface area (TPSA) is 110 Å². The largest absolute Gasteiger partial charge is 0.394 e. The molecule has 0 aromatic heterocycles. The molecule has 0 bridgehead atoms. The van der Waals surface area contributed by atoms with Gasteiger partial charge in [0.05, 0.1) is 6.61 Å². The van der Waals surface area contributed by atoms with Gasteiger partial charge in [0.2, 0.25) is 0 Å². The second-order valence-corrected chi connectivity index (χ2v) is 5.96. The summed E-state index contributed by atoms with van der Waals surface area (Å²) in [5, 5.41) is 50.6. The fraction of sp³-hybridized carbons (Fsp3) is 1.00. The Bertz CT molecular complexity index is 310. The van der Waals surface area contributed by atoms with Gasteiger partial charge in [-0.2, -0.15) is 0 Å². The molecule has 1 saturated heterocycles. The number of hydrogen-bond donors (Lipinski definition) is 5. The quantitative estimate of drug-likeness (QED) is 0.448. The van der Waals surface area contributed by atoms with E-state index in [4.69, 9.17) is 4.74 Å². The number of ether oxygens (including phenoxy) is 1. The summed E-state index contributed by atoms with van der Waals surface area (Å²) in [6, 6.07) is 0. The highest BCUT2D eigenvalue weighted by Gasteiger charge is 2.62. The molecule has 1 saturated carbocycles. The summed E-state index contributed by atoms with van der Waals surface area (Å²) in [6.07, 6.45) is 0.118. The molecule has 0 aromatic rings. The van der Waals surface area contributed by atoms with Crippen LogP contribution in [0, 0.1) is 5.92 Å². The molecule has 1 aliphatic heterocycles. The van der Waals surface area contributed by atoms with Crippen molar-refractivity contribution in [2.24, 2.45) is 5.92 Å². The first-order valence-electron chi connectivity index (χ1n) is 6.93. The normalized spacial score (nSPS) is 49.3. The average Bonchev–Trinajstić information content (AvgIpc) is 2.42. The minimum Gasteiger partial charge on any atom is -0.394 e. The third-order valence-electron chi connectivity index (χ3n) is 4.60. The summed E-state index contributed by atoms with van der Waals surface area (Å²) in [7, 11) is 0.